The van der Waals surface area contributed by atoms with E-state index >= 15 is 0 Å². The minimum atomic E-state index is -0.0142. The zero-order chi connectivity index (χ0) is 13.4. The molecule has 0 N–H and O–H groups in total. The fourth-order valence-corrected chi connectivity index (χ4v) is 2.44. The van der Waals surface area contributed by atoms with Crippen molar-refractivity contribution in [1.82, 2.24) is 0 Å². The van der Waals surface area contributed by atoms with Crippen molar-refractivity contribution in [2.45, 2.75) is 6.92 Å². The van der Waals surface area contributed by atoms with Crippen molar-refractivity contribution >= 4 is 26.9 Å². The molecule has 0 aliphatic carbocycles. The number of hydrogen-bond acceptors (Lipinski definition) is 2. The van der Waals surface area contributed by atoms with Gasteiger partial charge in [-0.25, -0.2) is 0 Å². The van der Waals surface area contributed by atoms with E-state index in [1.165, 1.54) is 12.3 Å². The van der Waals surface area contributed by atoms with Crippen LogP contribution < -0.4 is 5.43 Å². The van der Waals surface area contributed by atoms with Gasteiger partial charge < -0.3 is 4.42 Å². The summed E-state index contributed by atoms with van der Waals surface area (Å²) in [6.45, 7) is 2.02. The smallest absolute Gasteiger partial charge is 0.192 e. The molecule has 0 aliphatic heterocycles. The Bertz CT molecular complexity index is 801. The summed E-state index contributed by atoms with van der Waals surface area (Å²) in [7, 11) is 0. The Balaban J connectivity index is 2.29. The molecule has 0 amide bonds. The summed E-state index contributed by atoms with van der Waals surface area (Å²) in [5.74, 6) is 0. The molecule has 2 nitrogen and oxygen atoms in total. The summed E-state index contributed by atoms with van der Waals surface area (Å²) >= 11 is 3.42. The monoisotopic (exact) mass is 314 g/mol. The molecule has 19 heavy (non-hydrogen) atoms. The third kappa shape index (κ3) is 2.22. The summed E-state index contributed by atoms with van der Waals surface area (Å²) in [4.78, 5) is 11.9. The molecule has 0 radical (unpaired) electrons. The summed E-state index contributed by atoms with van der Waals surface area (Å²) in [6.07, 6.45) is 1.43. The molecule has 94 valence electrons. The average Bonchev–Trinajstić information content (AvgIpc) is 2.40. The molecular formula is C16H11BrO2. The second-order valence-electron chi connectivity index (χ2n) is 4.46. The molecule has 0 aliphatic rings. The molecule has 0 unspecified atom stereocenters. The van der Waals surface area contributed by atoms with Gasteiger partial charge in [0.2, 0.25) is 0 Å². The lowest BCUT2D eigenvalue weighted by Crippen LogP contribution is -1.99. The maximum absolute atomic E-state index is 11.9. The molecule has 1 heterocycles. The molecule has 2 aromatic carbocycles. The maximum Gasteiger partial charge on any atom is 0.192 e. The average molecular weight is 315 g/mol. The van der Waals surface area contributed by atoms with Gasteiger partial charge in [-0.15, -0.1) is 0 Å². The number of aryl methyl sites for hydroxylation is 1. The van der Waals surface area contributed by atoms with Crippen LogP contribution in [-0.2, 0) is 0 Å². The summed E-state index contributed by atoms with van der Waals surface area (Å²) in [6, 6.07) is 13.3. The third-order valence-corrected chi connectivity index (χ3v) is 3.69. The van der Waals surface area contributed by atoms with Crippen LogP contribution >= 0.6 is 15.9 Å². The van der Waals surface area contributed by atoms with E-state index in [0.29, 0.717) is 11.0 Å². The van der Waals surface area contributed by atoms with Gasteiger partial charge in [-0.2, -0.15) is 0 Å². The number of hydrogen-bond donors (Lipinski definition) is 0. The Labute approximate surface area is 118 Å². The third-order valence-electron chi connectivity index (χ3n) is 3.16. The van der Waals surface area contributed by atoms with Gasteiger partial charge in [0.15, 0.2) is 5.43 Å². The Morgan fingerprint density at radius 1 is 1.05 bits per heavy atom. The van der Waals surface area contributed by atoms with E-state index in [1.807, 2.05) is 43.3 Å². The predicted molar refractivity (Wildman–Crippen MR) is 80.4 cm³/mol. The quantitative estimate of drug-likeness (QED) is 0.660. The standard InChI is InChI=1S/C16H11BrO2/c1-10-8-16-14(15(18)6-7-19-16)9-13(10)11-2-4-12(17)5-3-11/h2-9H,1H3. The highest BCUT2D eigenvalue weighted by Gasteiger charge is 2.07. The van der Waals surface area contributed by atoms with Gasteiger partial charge in [0.1, 0.15) is 5.58 Å². The Kier molecular flexibility index (Phi) is 2.99. The summed E-state index contributed by atoms with van der Waals surface area (Å²) < 4.78 is 6.41. The molecule has 0 fully saturated rings. The van der Waals surface area contributed by atoms with Crippen LogP contribution in [0, 0.1) is 6.92 Å². The molecule has 3 heteroatoms. The number of benzene rings is 2. The van der Waals surface area contributed by atoms with Gasteiger partial charge in [0.05, 0.1) is 11.6 Å². The Morgan fingerprint density at radius 3 is 2.53 bits per heavy atom. The first-order chi connectivity index (χ1) is 9.15. The number of fused-ring (bicyclic) bond motifs is 1. The highest BCUT2D eigenvalue weighted by Crippen LogP contribution is 2.28. The molecule has 3 rings (SSSR count). The minimum absolute atomic E-state index is 0.0142. The normalized spacial score (nSPS) is 10.8. The van der Waals surface area contributed by atoms with Crippen molar-refractivity contribution in [3.63, 3.8) is 0 Å². The molecule has 3 aromatic rings. The van der Waals surface area contributed by atoms with E-state index in [4.69, 9.17) is 4.42 Å². The van der Waals surface area contributed by atoms with Crippen molar-refractivity contribution in [2.75, 3.05) is 0 Å². The topological polar surface area (TPSA) is 30.2 Å². The summed E-state index contributed by atoms with van der Waals surface area (Å²) in [5, 5.41) is 0.617. The predicted octanol–water partition coefficient (Wildman–Crippen LogP) is 4.53. The highest BCUT2D eigenvalue weighted by atomic mass is 79.9. The van der Waals surface area contributed by atoms with Crippen molar-refractivity contribution < 1.29 is 4.42 Å². The molecule has 1 aromatic heterocycles. The highest BCUT2D eigenvalue weighted by molar-refractivity contribution is 9.10. The lowest BCUT2D eigenvalue weighted by atomic mass is 9.98. The SMILES string of the molecule is Cc1cc2occc(=O)c2cc1-c1ccc(Br)cc1. The fraction of sp³-hybridized carbons (Fsp3) is 0.0625. The number of rotatable bonds is 1. The van der Waals surface area contributed by atoms with Crippen LogP contribution in [0.3, 0.4) is 0 Å². The second kappa shape index (κ2) is 4.67. The van der Waals surface area contributed by atoms with Crippen LogP contribution in [0.1, 0.15) is 5.56 Å². The van der Waals surface area contributed by atoms with Crippen LogP contribution in [0.2, 0.25) is 0 Å². The van der Waals surface area contributed by atoms with E-state index in [9.17, 15) is 4.79 Å². The first-order valence-corrected chi connectivity index (χ1v) is 6.72. The molecular weight excluding hydrogens is 304 g/mol. The van der Waals surface area contributed by atoms with Crippen molar-refractivity contribution in [2.24, 2.45) is 0 Å². The van der Waals surface area contributed by atoms with Gasteiger partial charge in [-0.1, -0.05) is 28.1 Å². The van der Waals surface area contributed by atoms with Crippen molar-refractivity contribution in [1.29, 1.82) is 0 Å². The lowest BCUT2D eigenvalue weighted by Gasteiger charge is -2.07. The van der Waals surface area contributed by atoms with Crippen LogP contribution in [0.15, 0.2) is 62.4 Å². The molecule has 0 spiro atoms. The molecule has 0 atom stereocenters. The van der Waals surface area contributed by atoms with Gasteiger partial charge >= 0.3 is 0 Å². The second-order valence-corrected chi connectivity index (χ2v) is 5.37. The van der Waals surface area contributed by atoms with Crippen molar-refractivity contribution in [3.8, 4) is 11.1 Å². The van der Waals surface area contributed by atoms with Crippen LogP contribution in [0.4, 0.5) is 0 Å². The summed E-state index contributed by atoms with van der Waals surface area (Å²) in [5.41, 5.74) is 3.85. The minimum Gasteiger partial charge on any atom is -0.464 e. The lowest BCUT2D eigenvalue weighted by molar-refractivity contribution is 0.602. The first-order valence-electron chi connectivity index (χ1n) is 5.93. The zero-order valence-electron chi connectivity index (χ0n) is 10.3. The van der Waals surface area contributed by atoms with E-state index in [2.05, 4.69) is 15.9 Å². The van der Waals surface area contributed by atoms with E-state index in [-0.39, 0.29) is 5.43 Å². The maximum atomic E-state index is 11.9. The van der Waals surface area contributed by atoms with Crippen LogP contribution in [0.5, 0.6) is 0 Å². The Hall–Kier alpha value is -1.87. The van der Waals surface area contributed by atoms with Gasteiger partial charge in [0.25, 0.3) is 0 Å². The first kappa shape index (κ1) is 12.2. The van der Waals surface area contributed by atoms with Crippen LogP contribution in [0.25, 0.3) is 22.1 Å². The number of halogens is 1. The van der Waals surface area contributed by atoms with Gasteiger partial charge in [-0.3, -0.25) is 4.79 Å². The molecule has 0 saturated carbocycles. The Morgan fingerprint density at radius 2 is 1.79 bits per heavy atom. The van der Waals surface area contributed by atoms with Gasteiger partial charge in [-0.05, 0) is 47.9 Å². The van der Waals surface area contributed by atoms with Crippen LogP contribution in [-0.4, -0.2) is 0 Å². The van der Waals surface area contributed by atoms with Crippen molar-refractivity contribution in [3.05, 3.63) is 69.0 Å². The zero-order valence-corrected chi connectivity index (χ0v) is 11.9. The largest absolute Gasteiger partial charge is 0.464 e. The van der Waals surface area contributed by atoms with E-state index in [1.54, 1.807) is 0 Å². The van der Waals surface area contributed by atoms with E-state index in [0.717, 1.165) is 21.2 Å². The van der Waals surface area contributed by atoms with Gasteiger partial charge in [0, 0.05) is 10.5 Å². The molecule has 0 bridgehead atoms. The fourth-order valence-electron chi connectivity index (χ4n) is 2.17. The van der Waals surface area contributed by atoms with E-state index < -0.39 is 0 Å². The molecule has 0 saturated heterocycles.